The number of nitrogens with one attached hydrogen (secondary N) is 1. The smallest absolute Gasteiger partial charge is 0.258 e. The second kappa shape index (κ2) is 8.16. The van der Waals surface area contributed by atoms with Crippen LogP contribution in [0.1, 0.15) is 22.8 Å². The van der Waals surface area contributed by atoms with Gasteiger partial charge < -0.3 is 14.7 Å². The fraction of sp³-hybridized carbons (Fsp3) is 0.192. The minimum absolute atomic E-state index is 0.157. The van der Waals surface area contributed by atoms with Crippen molar-refractivity contribution in [1.82, 2.24) is 5.16 Å². The molecule has 33 heavy (non-hydrogen) atoms. The van der Waals surface area contributed by atoms with Gasteiger partial charge in [-0.2, -0.15) is 0 Å². The maximum atomic E-state index is 14.6. The molecular formula is C26H22FN3O3. The summed E-state index contributed by atoms with van der Waals surface area (Å²) in [6, 6.07) is 14.2. The van der Waals surface area contributed by atoms with E-state index in [2.05, 4.69) is 10.5 Å². The fourth-order valence-corrected chi connectivity index (χ4v) is 4.25. The SMILES string of the molecule is CC1(F)C=CC=CC1C(=O)Nc1ccc(C(=O)N2CCc3cnoc3-c3ccccc32)cc1. The van der Waals surface area contributed by atoms with Gasteiger partial charge in [0.2, 0.25) is 5.91 Å². The number of fused-ring (bicyclic) bond motifs is 3. The lowest BCUT2D eigenvalue weighted by molar-refractivity contribution is -0.121. The number of hydrogen-bond acceptors (Lipinski definition) is 4. The largest absolute Gasteiger partial charge is 0.356 e. The Hall–Kier alpha value is -4.00. The summed E-state index contributed by atoms with van der Waals surface area (Å²) in [5.74, 6) is -0.832. The van der Waals surface area contributed by atoms with Crippen LogP contribution in [0.2, 0.25) is 0 Å². The van der Waals surface area contributed by atoms with E-state index in [1.54, 1.807) is 53.6 Å². The Morgan fingerprint density at radius 3 is 2.73 bits per heavy atom. The highest BCUT2D eigenvalue weighted by Crippen LogP contribution is 2.37. The number of alkyl halides is 1. The number of anilines is 2. The van der Waals surface area contributed by atoms with Gasteiger partial charge in [0.25, 0.3) is 5.91 Å². The molecule has 2 aliphatic rings. The summed E-state index contributed by atoms with van der Waals surface area (Å²) in [5, 5.41) is 6.64. The highest BCUT2D eigenvalue weighted by molar-refractivity contribution is 6.08. The van der Waals surface area contributed by atoms with Crippen LogP contribution in [-0.4, -0.2) is 29.2 Å². The molecular weight excluding hydrogens is 421 g/mol. The van der Waals surface area contributed by atoms with Crippen molar-refractivity contribution in [3.8, 4) is 11.3 Å². The molecule has 2 unspecified atom stereocenters. The molecule has 5 rings (SSSR count). The Morgan fingerprint density at radius 1 is 1.15 bits per heavy atom. The zero-order chi connectivity index (χ0) is 23.0. The van der Waals surface area contributed by atoms with Crippen LogP contribution >= 0.6 is 0 Å². The van der Waals surface area contributed by atoms with E-state index in [4.69, 9.17) is 4.52 Å². The number of rotatable bonds is 3. The first kappa shape index (κ1) is 20.9. The number of nitrogens with zero attached hydrogens (tertiary/aromatic N) is 2. The minimum Gasteiger partial charge on any atom is -0.356 e. The number of hydrogen-bond donors (Lipinski definition) is 1. The summed E-state index contributed by atoms with van der Waals surface area (Å²) in [7, 11) is 0. The lowest BCUT2D eigenvalue weighted by Crippen LogP contribution is -2.37. The van der Waals surface area contributed by atoms with Crippen molar-refractivity contribution in [2.24, 2.45) is 5.92 Å². The van der Waals surface area contributed by atoms with Crippen molar-refractivity contribution >= 4 is 23.2 Å². The van der Waals surface area contributed by atoms with Crippen molar-refractivity contribution < 1.29 is 18.5 Å². The lowest BCUT2D eigenvalue weighted by atomic mass is 9.86. The van der Waals surface area contributed by atoms with Gasteiger partial charge in [-0.1, -0.05) is 35.5 Å². The zero-order valence-corrected chi connectivity index (χ0v) is 18.0. The molecule has 1 aromatic heterocycles. The number of carbonyl (C=O) groups is 2. The van der Waals surface area contributed by atoms with Crippen LogP contribution in [0.15, 0.2) is 83.6 Å². The summed E-state index contributed by atoms with van der Waals surface area (Å²) in [6.45, 7) is 1.86. The Bertz CT molecular complexity index is 1270. The van der Waals surface area contributed by atoms with E-state index in [-0.39, 0.29) is 5.91 Å². The predicted octanol–water partition coefficient (Wildman–Crippen LogP) is 4.95. The van der Waals surface area contributed by atoms with E-state index in [0.29, 0.717) is 30.0 Å². The standard InChI is InChI=1S/C26H22FN3O3/c1-26(27)14-5-4-7-21(26)24(31)29-19-11-9-17(10-12-19)25(32)30-15-13-18-16-28-33-23(18)20-6-2-3-8-22(20)30/h2-12,14,16,21H,13,15H2,1H3,(H,29,31). The molecule has 6 nitrogen and oxygen atoms in total. The minimum atomic E-state index is -1.75. The second-order valence-corrected chi connectivity index (χ2v) is 8.34. The molecule has 2 amide bonds. The third-order valence-electron chi connectivity index (χ3n) is 6.06. The number of carbonyl (C=O) groups excluding carboxylic acids is 2. The molecule has 0 saturated heterocycles. The third-order valence-corrected chi connectivity index (χ3v) is 6.06. The highest BCUT2D eigenvalue weighted by Gasteiger charge is 2.36. The topological polar surface area (TPSA) is 75.4 Å². The number of amides is 2. The number of benzene rings is 2. The Labute approximate surface area is 190 Å². The van der Waals surface area contributed by atoms with Gasteiger partial charge in [0.1, 0.15) is 5.67 Å². The highest BCUT2D eigenvalue weighted by atomic mass is 19.1. The molecule has 1 N–H and O–H groups in total. The molecule has 0 fully saturated rings. The molecule has 2 heterocycles. The number of para-hydroxylation sites is 1. The van der Waals surface area contributed by atoms with Gasteiger partial charge in [-0.15, -0.1) is 0 Å². The fourth-order valence-electron chi connectivity index (χ4n) is 4.25. The molecule has 3 aromatic rings. The van der Waals surface area contributed by atoms with Crippen LogP contribution in [0.4, 0.5) is 15.8 Å². The van der Waals surface area contributed by atoms with E-state index in [1.807, 2.05) is 24.3 Å². The monoisotopic (exact) mass is 443 g/mol. The Kier molecular flexibility index (Phi) is 5.17. The normalized spacial score (nSPS) is 21.2. The Balaban J connectivity index is 1.35. The van der Waals surface area contributed by atoms with E-state index in [1.165, 1.54) is 13.0 Å². The second-order valence-electron chi connectivity index (χ2n) is 8.34. The zero-order valence-electron chi connectivity index (χ0n) is 18.0. The molecule has 0 radical (unpaired) electrons. The molecule has 1 aliphatic carbocycles. The van der Waals surface area contributed by atoms with Gasteiger partial charge in [0.15, 0.2) is 5.76 Å². The quantitative estimate of drug-likeness (QED) is 0.621. The molecule has 0 spiro atoms. The summed E-state index contributed by atoms with van der Waals surface area (Å²) in [4.78, 5) is 27.7. The van der Waals surface area contributed by atoms with Crippen molar-refractivity contribution in [2.75, 3.05) is 16.8 Å². The van der Waals surface area contributed by atoms with Gasteiger partial charge in [0, 0.05) is 28.9 Å². The molecule has 0 saturated carbocycles. The molecule has 2 atom stereocenters. The maximum Gasteiger partial charge on any atom is 0.258 e. The van der Waals surface area contributed by atoms with Crippen LogP contribution in [-0.2, 0) is 11.2 Å². The number of allylic oxidation sites excluding steroid dienone is 3. The first-order chi connectivity index (χ1) is 15.9. The summed E-state index contributed by atoms with van der Waals surface area (Å²) >= 11 is 0. The van der Waals surface area contributed by atoms with Gasteiger partial charge >= 0.3 is 0 Å². The van der Waals surface area contributed by atoms with Crippen LogP contribution in [0.3, 0.4) is 0 Å². The molecule has 0 bridgehead atoms. The van der Waals surface area contributed by atoms with Gasteiger partial charge in [-0.3, -0.25) is 9.59 Å². The van der Waals surface area contributed by atoms with Crippen LogP contribution in [0, 0.1) is 5.92 Å². The predicted molar refractivity (Wildman–Crippen MR) is 124 cm³/mol. The van der Waals surface area contributed by atoms with E-state index < -0.39 is 17.5 Å². The van der Waals surface area contributed by atoms with E-state index >= 15 is 0 Å². The molecule has 166 valence electrons. The van der Waals surface area contributed by atoms with Crippen molar-refractivity contribution in [1.29, 1.82) is 0 Å². The first-order valence-corrected chi connectivity index (χ1v) is 10.7. The van der Waals surface area contributed by atoms with E-state index in [0.717, 1.165) is 16.8 Å². The number of halogens is 1. The van der Waals surface area contributed by atoms with Crippen LogP contribution in [0.25, 0.3) is 11.3 Å². The lowest BCUT2D eigenvalue weighted by Gasteiger charge is -2.26. The van der Waals surface area contributed by atoms with Gasteiger partial charge in [-0.05, 0) is 55.8 Å². The maximum absolute atomic E-state index is 14.6. The molecule has 1 aliphatic heterocycles. The van der Waals surface area contributed by atoms with E-state index in [9.17, 15) is 14.0 Å². The number of aromatic nitrogens is 1. The average Bonchev–Trinajstić information content (AvgIpc) is 3.22. The van der Waals surface area contributed by atoms with Gasteiger partial charge in [0.05, 0.1) is 17.8 Å². The van der Waals surface area contributed by atoms with Crippen molar-refractivity contribution in [3.63, 3.8) is 0 Å². The summed E-state index contributed by atoms with van der Waals surface area (Å²) in [6.07, 6.45) is 8.49. The molecule has 7 heteroatoms. The van der Waals surface area contributed by atoms with Crippen molar-refractivity contribution in [3.05, 3.63) is 90.2 Å². The average molecular weight is 443 g/mol. The van der Waals surface area contributed by atoms with Gasteiger partial charge in [-0.25, -0.2) is 4.39 Å². The molecule has 2 aromatic carbocycles. The van der Waals surface area contributed by atoms with Crippen LogP contribution < -0.4 is 10.2 Å². The first-order valence-electron chi connectivity index (χ1n) is 10.7. The van der Waals surface area contributed by atoms with Crippen molar-refractivity contribution in [2.45, 2.75) is 19.0 Å². The Morgan fingerprint density at radius 2 is 1.94 bits per heavy atom. The third kappa shape index (κ3) is 3.86. The summed E-state index contributed by atoms with van der Waals surface area (Å²) in [5.41, 5.74) is 1.77. The summed E-state index contributed by atoms with van der Waals surface area (Å²) < 4.78 is 20.1. The van der Waals surface area contributed by atoms with Crippen LogP contribution in [0.5, 0.6) is 0 Å².